The van der Waals surface area contributed by atoms with Gasteiger partial charge in [-0.1, -0.05) is 102 Å². The Kier molecular flexibility index (Phi) is 39.6. The largest absolute Gasteiger partial charge is 0.508 e. The van der Waals surface area contributed by atoms with Gasteiger partial charge in [-0.15, -0.1) is 23.1 Å². The summed E-state index contributed by atoms with van der Waals surface area (Å²) in [6.45, 7) is 6.68. The fraction of sp³-hybridized carbons (Fsp3) is 0.527. The topological polar surface area (TPSA) is 626 Å². The second-order valence-corrected chi connectivity index (χ2v) is 36.6. The molecule has 17 amide bonds. The van der Waals surface area contributed by atoms with E-state index in [-0.39, 0.29) is 115 Å². The summed E-state index contributed by atoms with van der Waals surface area (Å²) >= 11 is 2.13. The summed E-state index contributed by atoms with van der Waals surface area (Å²) < 4.78 is 0.825. The first-order valence-electron chi connectivity index (χ1n) is 45.4. The molecule has 14 atom stereocenters. The molecule has 732 valence electrons. The number of fused-ring (bicyclic) bond motifs is 4. The third-order valence-electron chi connectivity index (χ3n) is 24.2. The van der Waals surface area contributed by atoms with Gasteiger partial charge < -0.3 is 120 Å². The van der Waals surface area contributed by atoms with Crippen LogP contribution in [0, 0.1) is 11.3 Å². The van der Waals surface area contributed by atoms with Crippen LogP contribution in [-0.2, 0) is 107 Å². The van der Waals surface area contributed by atoms with Crippen molar-refractivity contribution in [3.63, 3.8) is 0 Å². The monoisotopic (exact) mass is 1910 g/mol. The Bertz CT molecular complexity index is 5210. The number of likely N-dealkylation sites (N-methyl/N-ethyl adjacent to an activating group) is 3. The number of nitrogens with two attached hydrogens (primary N) is 3. The van der Waals surface area contributed by atoms with Crippen molar-refractivity contribution >= 4 is 150 Å². The Morgan fingerprint density at radius 3 is 1.71 bits per heavy atom. The van der Waals surface area contributed by atoms with E-state index in [0.717, 1.165) is 36.5 Å². The molecule has 0 aliphatic carbocycles. The molecule has 3 saturated heterocycles. The van der Waals surface area contributed by atoms with Gasteiger partial charge in [-0.05, 0) is 122 Å². The number of imidazole rings is 1. The number of H-pyrrole nitrogens is 2. The molecule has 3 aliphatic rings. The molecule has 3 aromatic carbocycles. The second kappa shape index (κ2) is 50.7. The summed E-state index contributed by atoms with van der Waals surface area (Å²) in [6.07, 6.45) is 4.66. The molecular weight excluding hydrogens is 1780 g/mol. The Hall–Kier alpha value is -13.3. The first-order chi connectivity index (χ1) is 64.4. The third kappa shape index (κ3) is 29.6. The number of aliphatic hydroxyl groups is 1. The number of para-hydroxylation sites is 1. The standard InChI is InChI=1S/C91H127N23O19S2/c1-9-11-24-69-83(126)102-60(23-17-33-97-91(94)95)79(122)109-68(78(121)99-44-75(93)118)47-134-48-76(119)101-64(37-52-29-31-56(116)32-30-52)86(129)110(6)51(5)77(120)105-66(41-74(92)117)89(132)114-35-19-27-71(114)85(128)104-62(40-55-43-96-49-100-55)81(124)106-63(36-50(3)4)88(131)113-34-18-26-70(113)84(127)103-61(38-53-42-98-59-22-15-13-20-57(53)59)80(123)108-67(45-115)82(125)107-65(39-54-46-135-73-28-16-14-21-58(54)73)87(130)112(8)72(25-12-10-2)90(133)111(69)7/h13-16,20-22,28-32,42-43,46,49-51,60-72,98,115-116H,9-12,17-19,23-27,33-41,44-45,47-48H2,1-8H3,(H2,92,117)(H2,93,118)(H,96,100)(H,99,121)(H,101,119)(H,102,126)(H,103,127)(H,104,128)(H,105,120)(H,106,124)(H,107,125)(H,108,123)(H,109,122)(H4,94,95,97)/t51-,60-,61-,62-,63-,64-,65-,66-,67-,68?,69-,70-,71-,72-/m0/s1/i7+1. The number of guanidine groups is 1. The number of rotatable bonds is 26. The summed E-state index contributed by atoms with van der Waals surface area (Å²) in [5, 5.41) is 61.9. The maximum atomic E-state index is 15.8. The van der Waals surface area contributed by atoms with E-state index in [2.05, 4.69) is 73.4 Å². The van der Waals surface area contributed by atoms with E-state index >= 15 is 38.4 Å². The van der Waals surface area contributed by atoms with E-state index in [0.29, 0.717) is 59.0 Å². The van der Waals surface area contributed by atoms with Crippen LogP contribution in [0.4, 0.5) is 0 Å². The van der Waals surface area contributed by atoms with E-state index in [4.69, 9.17) is 22.6 Å². The van der Waals surface area contributed by atoms with Gasteiger partial charge in [-0.3, -0.25) is 86.9 Å². The smallest absolute Gasteiger partial charge is 0.246 e. The predicted octanol–water partition coefficient (Wildman–Crippen LogP) is -1.17. The molecule has 6 heterocycles. The lowest BCUT2D eigenvalue weighted by Crippen LogP contribution is -2.62. The number of phenolic OH excluding ortho intramolecular Hbond substituents is 1. The molecule has 44 heteroatoms. The average Bonchev–Trinajstić information content (AvgIpc) is 1.75. The van der Waals surface area contributed by atoms with Crippen LogP contribution >= 0.6 is 23.1 Å². The number of thiophene rings is 1. The summed E-state index contributed by atoms with van der Waals surface area (Å²) in [5.41, 5.74) is 19.4. The van der Waals surface area contributed by atoms with Crippen molar-refractivity contribution in [2.24, 2.45) is 23.1 Å². The average molecular weight is 1910 g/mol. The fourth-order valence-corrected chi connectivity index (χ4v) is 18.5. The van der Waals surface area contributed by atoms with Crippen LogP contribution in [-0.4, -0.2) is 306 Å². The highest BCUT2D eigenvalue weighted by molar-refractivity contribution is 8.00. The Labute approximate surface area is 789 Å². The second-order valence-electron chi connectivity index (χ2n) is 34.7. The lowest BCUT2D eigenvalue weighted by atomic mass is 10.00. The lowest BCUT2D eigenvalue weighted by Gasteiger charge is -2.36. The van der Waals surface area contributed by atoms with Crippen molar-refractivity contribution in [1.82, 2.24) is 97.9 Å². The quantitative estimate of drug-likeness (QED) is 0.0132. The van der Waals surface area contributed by atoms with Gasteiger partial charge in [0.15, 0.2) is 5.96 Å². The third-order valence-corrected chi connectivity index (χ3v) is 26.2. The zero-order valence-corrected chi connectivity index (χ0v) is 78.8. The van der Waals surface area contributed by atoms with Crippen molar-refractivity contribution in [2.45, 2.75) is 235 Å². The summed E-state index contributed by atoms with van der Waals surface area (Å²) in [5.74, 6) is -17.2. The zero-order chi connectivity index (χ0) is 98.4. The Morgan fingerprint density at radius 2 is 1.10 bits per heavy atom. The minimum Gasteiger partial charge on any atom is -0.508 e. The molecule has 0 spiro atoms. The van der Waals surface area contributed by atoms with Crippen molar-refractivity contribution in [3.05, 3.63) is 119 Å². The normalized spacial score (nSPS) is 24.2. The SMILES string of the molecule is CCCC[C@H]1C(=O)N([13CH3])[C@@H](CCCC)C(=O)N[C@@H](CCCNC(=N)N)C(=O)NC(C(=O)NCC(N)=O)CSCC(=O)N[C@@H](Cc2ccc(O)cc2)C(=O)N(C)[C@@H](C)C(=O)N[C@@H](CC(N)=O)C(=O)N2CCC[C@H]2C(=O)N[C@@H](Cc2cnc[nH]2)C(=O)N[C@@H](CC(C)C)C(=O)N2CCC[C@H]2C(=O)N[C@@H](Cc2c[nH]c3ccccc23)C(=O)N[C@@H](CO)C(=O)N[C@@H](Cc2csc3ccccc23)C(=O)N1C. The molecule has 6 aromatic rings. The van der Waals surface area contributed by atoms with Crippen LogP contribution in [0.25, 0.3) is 21.0 Å². The summed E-state index contributed by atoms with van der Waals surface area (Å²) in [4.78, 5) is 266. The minimum atomic E-state index is -1.84. The van der Waals surface area contributed by atoms with Crippen LogP contribution in [0.15, 0.2) is 96.9 Å². The lowest BCUT2D eigenvalue weighted by molar-refractivity contribution is -0.149. The molecule has 0 bridgehead atoms. The number of phenols is 1. The van der Waals surface area contributed by atoms with Gasteiger partial charge in [-0.2, -0.15) is 0 Å². The summed E-state index contributed by atoms with van der Waals surface area (Å²) in [7, 11) is 3.95. The molecule has 3 aliphatic heterocycles. The number of thioether (sulfide) groups is 1. The fourth-order valence-electron chi connectivity index (χ4n) is 16.7. The molecule has 22 N–H and O–H groups in total. The number of aromatic amines is 2. The van der Waals surface area contributed by atoms with Crippen LogP contribution in [0.5, 0.6) is 5.75 Å². The molecule has 9 rings (SSSR count). The Morgan fingerprint density at radius 1 is 0.548 bits per heavy atom. The number of carbonyl (C=O) groups excluding carboxylic acids is 17. The van der Waals surface area contributed by atoms with Crippen molar-refractivity contribution in [1.29, 1.82) is 5.41 Å². The highest BCUT2D eigenvalue weighted by Gasteiger charge is 2.46. The number of hydrogen-bond acceptors (Lipinski definition) is 23. The van der Waals surface area contributed by atoms with Gasteiger partial charge in [0, 0.05) is 106 Å². The minimum absolute atomic E-state index is 0.00306. The van der Waals surface area contributed by atoms with E-state index in [9.17, 15) is 53.4 Å². The van der Waals surface area contributed by atoms with Gasteiger partial charge >= 0.3 is 0 Å². The maximum absolute atomic E-state index is 15.8. The van der Waals surface area contributed by atoms with Crippen molar-refractivity contribution in [2.75, 3.05) is 65.4 Å². The number of amides is 17. The van der Waals surface area contributed by atoms with E-state index in [1.54, 1.807) is 55.8 Å². The number of nitrogens with one attached hydrogen (secondary N) is 14. The van der Waals surface area contributed by atoms with Gasteiger partial charge in [-0.25, -0.2) is 4.98 Å². The highest BCUT2D eigenvalue weighted by atomic mass is 32.2. The summed E-state index contributed by atoms with van der Waals surface area (Å²) in [6, 6.07) is -1.10. The van der Waals surface area contributed by atoms with Crippen LogP contribution in [0.3, 0.4) is 0 Å². The van der Waals surface area contributed by atoms with Gasteiger partial charge in [0.1, 0.15) is 90.3 Å². The highest BCUT2D eigenvalue weighted by Crippen LogP contribution is 2.30. The number of aliphatic hydroxyl groups excluding tert-OH is 1. The molecule has 3 aromatic heterocycles. The maximum Gasteiger partial charge on any atom is 0.246 e. The van der Waals surface area contributed by atoms with Crippen LogP contribution in [0.2, 0.25) is 0 Å². The first-order valence-corrected chi connectivity index (χ1v) is 47.4. The molecule has 135 heavy (non-hydrogen) atoms. The number of primary amides is 2. The number of nitrogens with zero attached hydrogens (tertiary/aromatic N) is 6. The van der Waals surface area contributed by atoms with Gasteiger partial charge in [0.05, 0.1) is 31.7 Å². The number of unbranched alkanes of at least 4 members (excludes halogenated alkanes) is 2. The van der Waals surface area contributed by atoms with Crippen molar-refractivity contribution < 1.29 is 91.7 Å². The van der Waals surface area contributed by atoms with Crippen LogP contribution < -0.4 is 75.7 Å². The van der Waals surface area contributed by atoms with Crippen LogP contribution in [0.1, 0.15) is 147 Å². The molecule has 0 radical (unpaired) electrons. The van der Waals surface area contributed by atoms with Gasteiger partial charge in [0.25, 0.3) is 0 Å². The predicted molar refractivity (Wildman–Crippen MR) is 502 cm³/mol. The Balaban J connectivity index is 1.10. The van der Waals surface area contributed by atoms with E-state index in [1.807, 2.05) is 32.0 Å². The number of carbonyl (C=O) groups is 17. The van der Waals surface area contributed by atoms with Gasteiger partial charge in [0.2, 0.25) is 100 Å². The molecular formula is C91H127N23O19S2. The molecule has 3 fully saturated rings. The number of aromatic nitrogens is 3. The molecule has 42 nitrogen and oxygen atoms in total. The van der Waals surface area contributed by atoms with E-state index < -0.39 is 222 Å². The zero-order valence-electron chi connectivity index (χ0n) is 77.1. The molecule has 1 unspecified atom stereocenters. The first kappa shape index (κ1) is 105. The van der Waals surface area contributed by atoms with E-state index in [1.165, 1.54) is 86.0 Å². The number of aromatic hydroxyl groups is 1. The van der Waals surface area contributed by atoms with Crippen molar-refractivity contribution in [3.8, 4) is 5.75 Å². The number of benzene rings is 3. The number of hydrogen-bond donors (Lipinski definition) is 19. The molecule has 0 saturated carbocycles.